The Kier molecular flexibility index (Phi) is 9.94. The topological polar surface area (TPSA) is 99.9 Å². The molecule has 0 fully saturated rings. The summed E-state index contributed by atoms with van der Waals surface area (Å²) in [6.07, 6.45) is -0.0888. The zero-order valence-electron chi connectivity index (χ0n) is 21.3. The molecule has 0 aliphatic rings. The van der Waals surface area contributed by atoms with Crippen molar-refractivity contribution in [2.24, 2.45) is 0 Å². The number of hydrogen-bond donors (Lipinski definition) is 1. The van der Waals surface area contributed by atoms with Crippen molar-refractivity contribution in [3.8, 4) is 17.6 Å². The van der Waals surface area contributed by atoms with Gasteiger partial charge in [-0.15, -0.1) is 0 Å². The number of nitrogens with one attached hydrogen (secondary N) is 1. The molecule has 0 bridgehead atoms. The highest BCUT2D eigenvalue weighted by Gasteiger charge is 2.37. The summed E-state index contributed by atoms with van der Waals surface area (Å²) < 4.78 is 17.2. The van der Waals surface area contributed by atoms with Gasteiger partial charge in [-0.05, 0) is 51.4 Å². The summed E-state index contributed by atoms with van der Waals surface area (Å²) in [6.45, 7) is 18.6. The van der Waals surface area contributed by atoms with Gasteiger partial charge < -0.3 is 19.2 Å². The molecule has 0 spiro atoms. The summed E-state index contributed by atoms with van der Waals surface area (Å²) in [6, 6.07) is 4.05. The molecule has 1 N–H and O–H groups in total. The normalized spacial score (nSPS) is 12.9. The average Bonchev–Trinajstić information content (AvgIpc) is 2.66. The third-order valence-corrected chi connectivity index (χ3v) is 9.82. The maximum Gasteiger partial charge on any atom is 0.408 e. The van der Waals surface area contributed by atoms with Crippen LogP contribution in [0.4, 0.5) is 10.5 Å². The molecule has 0 aromatic heterocycles. The first-order valence-electron chi connectivity index (χ1n) is 11.1. The van der Waals surface area contributed by atoms with Crippen molar-refractivity contribution >= 4 is 20.1 Å². The highest BCUT2D eigenvalue weighted by atomic mass is 28.4. The van der Waals surface area contributed by atoms with Crippen LogP contribution in [0.1, 0.15) is 60.5 Å². The quantitative estimate of drug-likeness (QED) is 0.170. The third-order valence-electron chi connectivity index (χ3n) is 5.28. The molecular formula is C24H38N2O6Si. The molecule has 1 amide bonds. The Labute approximate surface area is 198 Å². The van der Waals surface area contributed by atoms with Crippen LogP contribution in [0.3, 0.4) is 0 Å². The van der Waals surface area contributed by atoms with E-state index in [2.05, 4.69) is 51.0 Å². The number of amides is 1. The summed E-state index contributed by atoms with van der Waals surface area (Å²) in [7, 11) is -1.92. The van der Waals surface area contributed by atoms with Crippen LogP contribution in [0.2, 0.25) is 18.1 Å². The van der Waals surface area contributed by atoms with Gasteiger partial charge in [-0.3, -0.25) is 10.1 Å². The van der Waals surface area contributed by atoms with Crippen LogP contribution in [0.15, 0.2) is 18.2 Å². The van der Waals surface area contributed by atoms with E-state index >= 15 is 0 Å². The summed E-state index contributed by atoms with van der Waals surface area (Å²) in [5, 5.41) is 14.3. The van der Waals surface area contributed by atoms with Gasteiger partial charge in [0.1, 0.15) is 23.5 Å². The minimum absolute atomic E-state index is 0.0749. The minimum atomic E-state index is -1.92. The van der Waals surface area contributed by atoms with Crippen molar-refractivity contribution in [1.82, 2.24) is 5.32 Å². The molecule has 9 heteroatoms. The Hall–Kier alpha value is -2.57. The van der Waals surface area contributed by atoms with Crippen LogP contribution in [0.25, 0.3) is 0 Å². The van der Waals surface area contributed by atoms with Gasteiger partial charge in [0, 0.05) is 6.07 Å². The van der Waals surface area contributed by atoms with Gasteiger partial charge in [0.05, 0.1) is 17.6 Å². The molecule has 0 saturated carbocycles. The van der Waals surface area contributed by atoms with Crippen molar-refractivity contribution in [1.29, 1.82) is 0 Å². The maximum absolute atomic E-state index is 12.1. The zero-order valence-corrected chi connectivity index (χ0v) is 22.3. The molecule has 0 aliphatic heterocycles. The number of benzene rings is 1. The Balaban J connectivity index is 3.02. The van der Waals surface area contributed by atoms with Crippen LogP contribution in [0.5, 0.6) is 5.75 Å². The van der Waals surface area contributed by atoms with Gasteiger partial charge in [0.25, 0.3) is 5.69 Å². The Morgan fingerprint density at radius 3 is 2.33 bits per heavy atom. The van der Waals surface area contributed by atoms with E-state index in [0.717, 1.165) is 0 Å². The second kappa shape index (κ2) is 11.5. The summed E-state index contributed by atoms with van der Waals surface area (Å²) in [4.78, 5) is 23.1. The fourth-order valence-corrected chi connectivity index (χ4v) is 3.46. The lowest BCUT2D eigenvalue weighted by atomic mass is 10.1. The highest BCUT2D eigenvalue weighted by molar-refractivity contribution is 6.74. The van der Waals surface area contributed by atoms with Crippen LogP contribution >= 0.6 is 0 Å². The first kappa shape index (κ1) is 28.5. The van der Waals surface area contributed by atoms with Crippen LogP contribution in [-0.2, 0) is 9.16 Å². The molecular weight excluding hydrogens is 440 g/mol. The monoisotopic (exact) mass is 478 g/mol. The van der Waals surface area contributed by atoms with Crippen LogP contribution in [0, 0.1) is 22.0 Å². The van der Waals surface area contributed by atoms with Crippen molar-refractivity contribution in [3.63, 3.8) is 0 Å². The number of nitro benzene ring substituents is 1. The van der Waals surface area contributed by atoms with E-state index in [-0.39, 0.29) is 22.9 Å². The predicted molar refractivity (Wildman–Crippen MR) is 132 cm³/mol. The Bertz CT molecular complexity index is 891. The molecule has 0 aliphatic carbocycles. The van der Waals surface area contributed by atoms with E-state index in [1.807, 2.05) is 6.92 Å². The summed E-state index contributed by atoms with van der Waals surface area (Å²) in [5.41, 5.74) is -0.627. The standard InChI is InChI=1S/C24H38N2O6Si/c1-10-18(25-22(27)32-23(2,3)4)14-15-19-20(26(28)29)12-11-13-21(19)30-16-17-31-33(8,9)24(5,6)7/h11-13,18H,10,16-17H2,1-9H3,(H,25,27)/t18-/m1/s1. The Morgan fingerprint density at radius 1 is 1.18 bits per heavy atom. The number of hydrogen-bond acceptors (Lipinski definition) is 6. The van der Waals surface area contributed by atoms with Gasteiger partial charge in [0.2, 0.25) is 0 Å². The van der Waals surface area contributed by atoms with Gasteiger partial charge in [-0.2, -0.15) is 0 Å². The molecule has 1 atom stereocenters. The molecule has 8 nitrogen and oxygen atoms in total. The van der Waals surface area contributed by atoms with Crippen molar-refractivity contribution in [2.75, 3.05) is 13.2 Å². The molecule has 0 saturated heterocycles. The van der Waals surface area contributed by atoms with Crippen LogP contribution < -0.4 is 10.1 Å². The van der Waals surface area contributed by atoms with E-state index in [1.165, 1.54) is 6.07 Å². The number of carbonyl (C=O) groups excluding carboxylic acids is 1. The minimum Gasteiger partial charge on any atom is -0.490 e. The fourth-order valence-electron chi connectivity index (χ4n) is 2.43. The summed E-state index contributed by atoms with van der Waals surface area (Å²) in [5.74, 6) is 6.05. The maximum atomic E-state index is 12.1. The van der Waals surface area contributed by atoms with E-state index in [1.54, 1.807) is 32.9 Å². The second-order valence-corrected chi connectivity index (χ2v) is 15.1. The third kappa shape index (κ3) is 9.44. The first-order valence-corrected chi connectivity index (χ1v) is 14.0. The number of rotatable bonds is 8. The van der Waals surface area contributed by atoms with Gasteiger partial charge >= 0.3 is 6.09 Å². The van der Waals surface area contributed by atoms with E-state index in [0.29, 0.717) is 18.8 Å². The molecule has 0 radical (unpaired) electrons. The molecule has 0 unspecified atom stereocenters. The predicted octanol–water partition coefficient (Wildman–Crippen LogP) is 5.65. The van der Waals surface area contributed by atoms with Gasteiger partial charge in [-0.1, -0.05) is 45.6 Å². The van der Waals surface area contributed by atoms with Gasteiger partial charge in [-0.25, -0.2) is 4.79 Å². The summed E-state index contributed by atoms with van der Waals surface area (Å²) >= 11 is 0. The molecule has 0 heterocycles. The molecule has 1 aromatic carbocycles. The van der Waals surface area contributed by atoms with E-state index in [9.17, 15) is 14.9 Å². The second-order valence-electron chi connectivity index (χ2n) is 10.2. The molecule has 1 rings (SSSR count). The highest BCUT2D eigenvalue weighted by Crippen LogP contribution is 2.36. The van der Waals surface area contributed by atoms with Crippen molar-refractivity contribution in [2.45, 2.75) is 84.7 Å². The van der Waals surface area contributed by atoms with Crippen molar-refractivity contribution < 1.29 is 23.6 Å². The number of nitrogens with zero attached hydrogens (tertiary/aromatic N) is 1. The largest absolute Gasteiger partial charge is 0.490 e. The number of carbonyl (C=O) groups is 1. The SMILES string of the molecule is CC[C@H](C#Cc1c(OCCO[Si](C)(C)C(C)(C)C)cccc1[N+](=O)[O-])NC(=O)OC(C)(C)C. The number of nitro groups is 1. The average molecular weight is 479 g/mol. The lowest BCUT2D eigenvalue weighted by Gasteiger charge is -2.36. The molecule has 33 heavy (non-hydrogen) atoms. The fraction of sp³-hybridized carbons (Fsp3) is 0.625. The first-order chi connectivity index (χ1) is 15.1. The lowest BCUT2D eigenvalue weighted by molar-refractivity contribution is -0.385. The number of ether oxygens (including phenoxy) is 2. The number of alkyl carbamates (subject to hydrolysis) is 1. The molecule has 1 aromatic rings. The van der Waals surface area contributed by atoms with Crippen molar-refractivity contribution in [3.05, 3.63) is 33.9 Å². The van der Waals surface area contributed by atoms with E-state index < -0.39 is 31.0 Å². The smallest absolute Gasteiger partial charge is 0.408 e. The Morgan fingerprint density at radius 2 is 1.82 bits per heavy atom. The van der Waals surface area contributed by atoms with Crippen LogP contribution in [-0.4, -0.2) is 44.2 Å². The lowest BCUT2D eigenvalue weighted by Crippen LogP contribution is -2.41. The zero-order chi connectivity index (χ0) is 25.4. The molecule has 184 valence electrons. The van der Waals surface area contributed by atoms with Gasteiger partial charge in [0.15, 0.2) is 8.32 Å². The van der Waals surface area contributed by atoms with E-state index in [4.69, 9.17) is 13.9 Å².